The van der Waals surface area contributed by atoms with Crippen molar-refractivity contribution >= 4 is 24.3 Å². The Bertz CT molecular complexity index is 326. The summed E-state index contributed by atoms with van der Waals surface area (Å²) >= 11 is 0. The molecule has 1 aliphatic carbocycles. The normalized spacial score (nSPS) is 20.2. The molecule has 0 aromatic heterocycles. The zero-order chi connectivity index (χ0) is 13.7. The molecule has 0 aromatic carbocycles. The van der Waals surface area contributed by atoms with E-state index >= 15 is 0 Å². The van der Waals surface area contributed by atoms with Gasteiger partial charge in [-0.3, -0.25) is 4.79 Å². The zero-order valence-electron chi connectivity index (χ0n) is 11.8. The molecule has 116 valence electrons. The molecule has 20 heavy (non-hydrogen) atoms. The SMILES string of the molecule is Cl.NCC(=O)N1CCN(C(=O)NC2CCCCC2)CC1. The van der Waals surface area contributed by atoms with Crippen LogP contribution in [0.3, 0.4) is 0 Å². The minimum absolute atomic E-state index is 0. The van der Waals surface area contributed by atoms with E-state index in [1.54, 1.807) is 9.80 Å². The molecule has 3 amide bonds. The Hall–Kier alpha value is -1.01. The Morgan fingerprint density at radius 1 is 1.00 bits per heavy atom. The van der Waals surface area contributed by atoms with E-state index in [4.69, 9.17) is 5.73 Å². The Morgan fingerprint density at radius 2 is 1.55 bits per heavy atom. The van der Waals surface area contributed by atoms with Crippen molar-refractivity contribution in [2.75, 3.05) is 32.7 Å². The lowest BCUT2D eigenvalue weighted by atomic mass is 9.96. The molecule has 2 rings (SSSR count). The fourth-order valence-electron chi connectivity index (χ4n) is 2.80. The molecule has 2 fully saturated rings. The predicted molar refractivity (Wildman–Crippen MR) is 79.9 cm³/mol. The first kappa shape index (κ1) is 17.0. The number of hydrogen-bond acceptors (Lipinski definition) is 3. The highest BCUT2D eigenvalue weighted by Gasteiger charge is 2.25. The standard InChI is InChI=1S/C13H24N4O2.ClH/c14-10-12(18)16-6-8-17(9-7-16)13(19)15-11-4-2-1-3-5-11;/h11H,1-10,14H2,(H,15,19);1H. The minimum atomic E-state index is -0.0349. The maximum atomic E-state index is 12.1. The number of halogens is 1. The molecule has 0 spiro atoms. The van der Waals surface area contributed by atoms with Gasteiger partial charge in [0, 0.05) is 32.2 Å². The van der Waals surface area contributed by atoms with E-state index < -0.39 is 0 Å². The summed E-state index contributed by atoms with van der Waals surface area (Å²) in [7, 11) is 0. The quantitative estimate of drug-likeness (QED) is 0.782. The van der Waals surface area contributed by atoms with Crippen molar-refractivity contribution < 1.29 is 9.59 Å². The van der Waals surface area contributed by atoms with E-state index in [1.165, 1.54) is 19.3 Å². The number of urea groups is 1. The van der Waals surface area contributed by atoms with Gasteiger partial charge in [-0.05, 0) is 12.8 Å². The van der Waals surface area contributed by atoms with Crippen molar-refractivity contribution in [1.29, 1.82) is 0 Å². The van der Waals surface area contributed by atoms with Crippen molar-refractivity contribution in [3.05, 3.63) is 0 Å². The zero-order valence-corrected chi connectivity index (χ0v) is 12.7. The molecular formula is C13H25ClN4O2. The highest BCUT2D eigenvalue weighted by Crippen LogP contribution is 2.17. The van der Waals surface area contributed by atoms with Gasteiger partial charge in [0.1, 0.15) is 0 Å². The van der Waals surface area contributed by atoms with Crippen LogP contribution in [0.4, 0.5) is 4.79 Å². The van der Waals surface area contributed by atoms with E-state index in [0.29, 0.717) is 32.2 Å². The van der Waals surface area contributed by atoms with Gasteiger partial charge in [-0.15, -0.1) is 12.4 Å². The molecule has 1 heterocycles. The van der Waals surface area contributed by atoms with Crippen molar-refractivity contribution in [1.82, 2.24) is 15.1 Å². The Balaban J connectivity index is 0.00000200. The number of rotatable bonds is 2. The highest BCUT2D eigenvalue weighted by molar-refractivity contribution is 5.85. The van der Waals surface area contributed by atoms with Gasteiger partial charge in [0.05, 0.1) is 6.54 Å². The molecule has 1 saturated heterocycles. The third kappa shape index (κ3) is 4.52. The van der Waals surface area contributed by atoms with Crippen LogP contribution < -0.4 is 11.1 Å². The second-order valence-electron chi connectivity index (χ2n) is 5.36. The highest BCUT2D eigenvalue weighted by atomic mass is 35.5. The van der Waals surface area contributed by atoms with Gasteiger partial charge in [0.25, 0.3) is 0 Å². The molecule has 1 aliphatic heterocycles. The molecule has 0 radical (unpaired) electrons. The molecule has 0 atom stereocenters. The summed E-state index contributed by atoms with van der Waals surface area (Å²) in [5.74, 6) is -0.0349. The molecule has 6 nitrogen and oxygen atoms in total. The van der Waals surface area contributed by atoms with Crippen molar-refractivity contribution in [2.45, 2.75) is 38.1 Å². The maximum Gasteiger partial charge on any atom is 0.317 e. The second kappa shape index (κ2) is 8.32. The number of carbonyl (C=O) groups is 2. The van der Waals surface area contributed by atoms with Gasteiger partial charge >= 0.3 is 6.03 Å². The number of carbonyl (C=O) groups excluding carboxylic acids is 2. The molecule has 1 saturated carbocycles. The van der Waals surface area contributed by atoms with Crippen LogP contribution in [0.5, 0.6) is 0 Å². The number of nitrogens with one attached hydrogen (secondary N) is 1. The average Bonchev–Trinajstić information content (AvgIpc) is 2.47. The van der Waals surface area contributed by atoms with Crippen LogP contribution in [0.25, 0.3) is 0 Å². The number of hydrogen-bond donors (Lipinski definition) is 2. The monoisotopic (exact) mass is 304 g/mol. The molecule has 0 bridgehead atoms. The van der Waals surface area contributed by atoms with Gasteiger partial charge in [0.2, 0.25) is 5.91 Å². The Morgan fingerprint density at radius 3 is 2.10 bits per heavy atom. The van der Waals surface area contributed by atoms with E-state index in [1.807, 2.05) is 0 Å². The maximum absolute atomic E-state index is 12.1. The van der Waals surface area contributed by atoms with Crippen LogP contribution in [0.1, 0.15) is 32.1 Å². The lowest BCUT2D eigenvalue weighted by Crippen LogP contribution is -2.55. The number of amides is 3. The smallest absolute Gasteiger partial charge is 0.317 e. The number of nitrogens with two attached hydrogens (primary N) is 1. The van der Waals surface area contributed by atoms with Crippen LogP contribution in [0.15, 0.2) is 0 Å². The molecular weight excluding hydrogens is 280 g/mol. The Labute approximate surface area is 126 Å². The topological polar surface area (TPSA) is 78.7 Å². The average molecular weight is 305 g/mol. The predicted octanol–water partition coefficient (Wildman–Crippen LogP) is 0.553. The number of piperazine rings is 1. The summed E-state index contributed by atoms with van der Waals surface area (Å²) in [6.07, 6.45) is 5.90. The van der Waals surface area contributed by atoms with Crippen molar-refractivity contribution in [3.63, 3.8) is 0 Å². The van der Waals surface area contributed by atoms with Crippen LogP contribution in [-0.2, 0) is 4.79 Å². The van der Waals surface area contributed by atoms with Gasteiger partial charge in [-0.1, -0.05) is 19.3 Å². The summed E-state index contributed by atoms with van der Waals surface area (Å²) in [6, 6.07) is 0.358. The number of nitrogens with zero attached hydrogens (tertiary/aromatic N) is 2. The van der Waals surface area contributed by atoms with Gasteiger partial charge in [-0.2, -0.15) is 0 Å². The largest absolute Gasteiger partial charge is 0.338 e. The van der Waals surface area contributed by atoms with Crippen LogP contribution in [-0.4, -0.2) is 60.5 Å². The fraction of sp³-hybridized carbons (Fsp3) is 0.846. The lowest BCUT2D eigenvalue weighted by molar-refractivity contribution is -0.131. The van der Waals surface area contributed by atoms with Crippen LogP contribution >= 0.6 is 12.4 Å². The summed E-state index contributed by atoms with van der Waals surface area (Å²) in [5, 5.41) is 3.11. The first-order valence-corrected chi connectivity index (χ1v) is 7.24. The van der Waals surface area contributed by atoms with Gasteiger partial charge in [-0.25, -0.2) is 4.79 Å². The summed E-state index contributed by atoms with van der Waals surface area (Å²) in [4.78, 5) is 27.1. The van der Waals surface area contributed by atoms with Gasteiger partial charge < -0.3 is 20.9 Å². The minimum Gasteiger partial charge on any atom is -0.338 e. The molecule has 0 unspecified atom stereocenters. The van der Waals surface area contributed by atoms with Crippen LogP contribution in [0.2, 0.25) is 0 Å². The molecule has 3 N–H and O–H groups in total. The van der Waals surface area contributed by atoms with Crippen molar-refractivity contribution in [2.24, 2.45) is 5.73 Å². The second-order valence-corrected chi connectivity index (χ2v) is 5.36. The van der Waals surface area contributed by atoms with E-state index in [-0.39, 0.29) is 30.9 Å². The third-order valence-corrected chi connectivity index (χ3v) is 4.03. The Kier molecular flexibility index (Phi) is 7.09. The summed E-state index contributed by atoms with van der Waals surface area (Å²) in [6.45, 7) is 2.44. The molecule has 0 aromatic rings. The molecule has 7 heteroatoms. The summed E-state index contributed by atoms with van der Waals surface area (Å²) < 4.78 is 0. The van der Waals surface area contributed by atoms with Crippen LogP contribution in [0, 0.1) is 0 Å². The van der Waals surface area contributed by atoms with E-state index in [0.717, 1.165) is 12.8 Å². The first-order chi connectivity index (χ1) is 9.20. The van der Waals surface area contributed by atoms with Gasteiger partial charge in [0.15, 0.2) is 0 Å². The third-order valence-electron chi connectivity index (χ3n) is 4.03. The first-order valence-electron chi connectivity index (χ1n) is 7.24. The molecule has 2 aliphatic rings. The van der Waals surface area contributed by atoms with E-state index in [2.05, 4.69) is 5.32 Å². The fourth-order valence-corrected chi connectivity index (χ4v) is 2.80. The van der Waals surface area contributed by atoms with Crippen molar-refractivity contribution in [3.8, 4) is 0 Å². The van der Waals surface area contributed by atoms with E-state index in [9.17, 15) is 9.59 Å². The summed E-state index contributed by atoms with van der Waals surface area (Å²) in [5.41, 5.74) is 5.34. The lowest BCUT2D eigenvalue weighted by Gasteiger charge is -2.35.